The van der Waals surface area contributed by atoms with Crippen LogP contribution in [-0.4, -0.2) is 18.5 Å². The third-order valence-corrected chi connectivity index (χ3v) is 3.17. The van der Waals surface area contributed by atoms with Crippen LogP contribution in [0.4, 0.5) is 0 Å². The molecule has 1 saturated carbocycles. The Morgan fingerprint density at radius 1 is 1.60 bits per heavy atom. The lowest BCUT2D eigenvalue weighted by atomic mass is 10.2. The summed E-state index contributed by atoms with van der Waals surface area (Å²) >= 11 is 3.68. The summed E-state index contributed by atoms with van der Waals surface area (Å²) in [7, 11) is 1.76. The van der Waals surface area contributed by atoms with Gasteiger partial charge in [-0.25, -0.2) is 0 Å². The van der Waals surface area contributed by atoms with Gasteiger partial charge in [-0.05, 0) is 31.6 Å². The average Bonchev–Trinajstić information content (AvgIpc) is 2.69. The highest BCUT2D eigenvalue weighted by Gasteiger charge is 2.28. The van der Waals surface area contributed by atoms with Gasteiger partial charge in [-0.3, -0.25) is 0 Å². The van der Waals surface area contributed by atoms with Gasteiger partial charge >= 0.3 is 0 Å². The van der Waals surface area contributed by atoms with E-state index in [0.29, 0.717) is 0 Å². The highest BCUT2D eigenvalue weighted by atomic mass is 79.9. The highest BCUT2D eigenvalue weighted by Crippen LogP contribution is 2.38. The van der Waals surface area contributed by atoms with Crippen LogP contribution < -0.4 is 0 Å². The monoisotopic (exact) mass is 206 g/mol. The summed E-state index contributed by atoms with van der Waals surface area (Å²) in [5.41, 5.74) is 0. The number of rotatable bonds is 5. The fourth-order valence-electron chi connectivity index (χ4n) is 1.12. The van der Waals surface area contributed by atoms with Crippen LogP contribution in [0, 0.1) is 5.92 Å². The van der Waals surface area contributed by atoms with Crippen molar-refractivity contribution < 1.29 is 4.74 Å². The molecule has 0 bridgehead atoms. The Hall–Kier alpha value is 0.440. The molecule has 0 N–H and O–H groups in total. The summed E-state index contributed by atoms with van der Waals surface area (Å²) in [6.07, 6.45) is 5.34. The maximum absolute atomic E-state index is 4.97. The zero-order valence-corrected chi connectivity index (χ0v) is 8.06. The third kappa shape index (κ3) is 3.02. The average molecular weight is 207 g/mol. The molecule has 1 nitrogen and oxygen atoms in total. The molecule has 0 spiro atoms. The molecule has 1 rings (SSSR count). The first-order valence-corrected chi connectivity index (χ1v) is 4.89. The minimum absolute atomic E-state index is 0.766. The van der Waals surface area contributed by atoms with E-state index in [1.165, 1.54) is 25.7 Å². The molecular weight excluding hydrogens is 192 g/mol. The number of hydrogen-bond donors (Lipinski definition) is 0. The molecule has 0 aromatic rings. The molecule has 1 fully saturated rings. The van der Waals surface area contributed by atoms with Crippen molar-refractivity contribution in [3.8, 4) is 0 Å². The van der Waals surface area contributed by atoms with Crippen molar-refractivity contribution in [1.82, 2.24) is 0 Å². The van der Waals surface area contributed by atoms with E-state index in [1.54, 1.807) is 7.11 Å². The van der Waals surface area contributed by atoms with Gasteiger partial charge in [0, 0.05) is 18.5 Å². The van der Waals surface area contributed by atoms with Gasteiger partial charge in [0.1, 0.15) is 0 Å². The van der Waals surface area contributed by atoms with Gasteiger partial charge in [0.05, 0.1) is 0 Å². The molecule has 0 amide bonds. The standard InChI is InChI=1S/C8H15BrO/c1-10-6-2-3-8(9)7-4-5-7/h7-8H,2-6H2,1H3. The maximum atomic E-state index is 4.97. The Kier molecular flexibility index (Phi) is 3.71. The Morgan fingerprint density at radius 3 is 2.80 bits per heavy atom. The van der Waals surface area contributed by atoms with E-state index >= 15 is 0 Å². The molecule has 0 saturated heterocycles. The molecule has 0 heterocycles. The molecule has 60 valence electrons. The summed E-state index contributed by atoms with van der Waals surface area (Å²) in [5.74, 6) is 0.983. The number of halogens is 1. The van der Waals surface area contributed by atoms with E-state index in [-0.39, 0.29) is 0 Å². The molecule has 0 aliphatic heterocycles. The van der Waals surface area contributed by atoms with Crippen LogP contribution in [0.15, 0.2) is 0 Å². The fraction of sp³-hybridized carbons (Fsp3) is 1.00. The number of ether oxygens (including phenoxy) is 1. The SMILES string of the molecule is COCCCC(Br)C1CC1. The lowest BCUT2D eigenvalue weighted by Crippen LogP contribution is -2.01. The lowest BCUT2D eigenvalue weighted by Gasteiger charge is -2.05. The largest absolute Gasteiger partial charge is 0.385 e. The second-order valence-electron chi connectivity index (χ2n) is 2.99. The quantitative estimate of drug-likeness (QED) is 0.497. The van der Waals surface area contributed by atoms with E-state index in [0.717, 1.165) is 17.4 Å². The van der Waals surface area contributed by atoms with E-state index in [9.17, 15) is 0 Å². The zero-order valence-electron chi connectivity index (χ0n) is 6.48. The van der Waals surface area contributed by atoms with E-state index in [4.69, 9.17) is 4.74 Å². The molecular formula is C8H15BrO. The van der Waals surface area contributed by atoms with Gasteiger partial charge in [-0.15, -0.1) is 0 Å². The lowest BCUT2D eigenvalue weighted by molar-refractivity contribution is 0.192. The summed E-state index contributed by atoms with van der Waals surface area (Å²) in [6, 6.07) is 0. The molecule has 2 heteroatoms. The molecule has 1 atom stereocenters. The number of alkyl halides is 1. The Labute approximate surface area is 71.3 Å². The van der Waals surface area contributed by atoms with Gasteiger partial charge in [0.2, 0.25) is 0 Å². The van der Waals surface area contributed by atoms with Crippen molar-refractivity contribution in [1.29, 1.82) is 0 Å². The van der Waals surface area contributed by atoms with Crippen molar-refractivity contribution in [2.75, 3.05) is 13.7 Å². The van der Waals surface area contributed by atoms with Gasteiger partial charge in [0.25, 0.3) is 0 Å². The molecule has 0 aromatic carbocycles. The Balaban J connectivity index is 1.90. The topological polar surface area (TPSA) is 9.23 Å². The highest BCUT2D eigenvalue weighted by molar-refractivity contribution is 9.09. The van der Waals surface area contributed by atoms with Crippen LogP contribution in [0.2, 0.25) is 0 Å². The summed E-state index contributed by atoms with van der Waals surface area (Å²) in [6.45, 7) is 0.912. The van der Waals surface area contributed by atoms with Crippen LogP contribution in [0.5, 0.6) is 0 Å². The molecule has 1 aliphatic rings. The van der Waals surface area contributed by atoms with Crippen LogP contribution in [0.25, 0.3) is 0 Å². The predicted molar refractivity (Wildman–Crippen MR) is 46.5 cm³/mol. The van der Waals surface area contributed by atoms with E-state index in [1.807, 2.05) is 0 Å². The van der Waals surface area contributed by atoms with Crippen molar-refractivity contribution >= 4 is 15.9 Å². The molecule has 1 aliphatic carbocycles. The van der Waals surface area contributed by atoms with Gasteiger partial charge in [-0.2, -0.15) is 0 Å². The Bertz CT molecular complexity index is 91.3. The fourth-order valence-corrected chi connectivity index (χ4v) is 1.97. The first kappa shape index (κ1) is 8.54. The van der Waals surface area contributed by atoms with Crippen molar-refractivity contribution in [3.63, 3.8) is 0 Å². The van der Waals surface area contributed by atoms with Crippen molar-refractivity contribution in [2.24, 2.45) is 5.92 Å². The third-order valence-electron chi connectivity index (χ3n) is 1.96. The van der Waals surface area contributed by atoms with Crippen molar-refractivity contribution in [2.45, 2.75) is 30.5 Å². The summed E-state index contributed by atoms with van der Waals surface area (Å²) < 4.78 is 4.97. The van der Waals surface area contributed by atoms with Gasteiger partial charge < -0.3 is 4.74 Å². The van der Waals surface area contributed by atoms with Crippen LogP contribution in [0.3, 0.4) is 0 Å². The minimum Gasteiger partial charge on any atom is -0.385 e. The van der Waals surface area contributed by atoms with Crippen LogP contribution in [-0.2, 0) is 4.74 Å². The smallest absolute Gasteiger partial charge is 0.0462 e. The second-order valence-corrected chi connectivity index (χ2v) is 4.16. The Morgan fingerprint density at radius 2 is 2.30 bits per heavy atom. The second kappa shape index (κ2) is 4.35. The molecule has 0 radical (unpaired) electrons. The minimum atomic E-state index is 0.766. The maximum Gasteiger partial charge on any atom is 0.0462 e. The number of methoxy groups -OCH3 is 1. The van der Waals surface area contributed by atoms with Gasteiger partial charge in [0.15, 0.2) is 0 Å². The van der Waals surface area contributed by atoms with E-state index < -0.39 is 0 Å². The van der Waals surface area contributed by atoms with Gasteiger partial charge in [-0.1, -0.05) is 15.9 Å². The zero-order chi connectivity index (χ0) is 7.40. The van der Waals surface area contributed by atoms with Crippen molar-refractivity contribution in [3.05, 3.63) is 0 Å². The predicted octanol–water partition coefficient (Wildman–Crippen LogP) is 2.59. The van der Waals surface area contributed by atoms with Crippen LogP contribution in [0.1, 0.15) is 25.7 Å². The summed E-state index contributed by atoms with van der Waals surface area (Å²) in [4.78, 5) is 0.766. The van der Waals surface area contributed by atoms with Crippen LogP contribution >= 0.6 is 15.9 Å². The summed E-state index contributed by atoms with van der Waals surface area (Å²) in [5, 5.41) is 0. The van der Waals surface area contributed by atoms with E-state index in [2.05, 4.69) is 15.9 Å². The molecule has 1 unspecified atom stereocenters. The first-order valence-electron chi connectivity index (χ1n) is 3.97. The first-order chi connectivity index (χ1) is 4.84. The normalized spacial score (nSPS) is 21.0. The number of hydrogen-bond acceptors (Lipinski definition) is 1. The molecule has 10 heavy (non-hydrogen) atoms. The molecule has 0 aromatic heterocycles.